The Balaban J connectivity index is 1.44. The number of rotatable bonds is 5. The number of amides is 1. The number of benzene rings is 1. The van der Waals surface area contributed by atoms with Gasteiger partial charge in [-0.15, -0.1) is 0 Å². The second-order valence-electron chi connectivity index (χ2n) is 7.78. The molecule has 0 aliphatic carbocycles. The van der Waals surface area contributed by atoms with Crippen molar-refractivity contribution >= 4 is 29.0 Å². The molecule has 2 aromatic rings. The summed E-state index contributed by atoms with van der Waals surface area (Å²) in [7, 11) is 0. The molecule has 1 aromatic carbocycles. The number of aryl methyl sites for hydroxylation is 1. The van der Waals surface area contributed by atoms with Crippen molar-refractivity contribution in [3.8, 4) is 0 Å². The van der Waals surface area contributed by atoms with Crippen LogP contribution in [0.25, 0.3) is 0 Å². The first-order valence-electron chi connectivity index (χ1n) is 9.92. The summed E-state index contributed by atoms with van der Waals surface area (Å²) in [5.74, 6) is 1.67. The minimum absolute atomic E-state index is 0.0396. The highest BCUT2D eigenvalue weighted by Crippen LogP contribution is 2.28. The van der Waals surface area contributed by atoms with Gasteiger partial charge in [0.15, 0.2) is 0 Å². The van der Waals surface area contributed by atoms with Gasteiger partial charge in [-0.2, -0.15) is 0 Å². The number of carbonyl (C=O) groups excluding carboxylic acids is 1. The summed E-state index contributed by atoms with van der Waals surface area (Å²) in [6.45, 7) is 5.96. The molecule has 0 saturated carbocycles. The van der Waals surface area contributed by atoms with Crippen molar-refractivity contribution in [1.29, 1.82) is 0 Å². The predicted molar refractivity (Wildman–Crippen MR) is 112 cm³/mol. The van der Waals surface area contributed by atoms with E-state index in [0.717, 1.165) is 50.7 Å². The number of piperidine rings is 1. The molecule has 28 heavy (non-hydrogen) atoms. The van der Waals surface area contributed by atoms with Gasteiger partial charge < -0.3 is 14.5 Å². The quantitative estimate of drug-likeness (QED) is 0.764. The summed E-state index contributed by atoms with van der Waals surface area (Å²) in [6, 6.07) is 11.7. The maximum atomic E-state index is 13.4. The van der Waals surface area contributed by atoms with Crippen LogP contribution in [-0.2, 0) is 9.53 Å². The lowest BCUT2D eigenvalue weighted by Crippen LogP contribution is -2.47. The van der Waals surface area contributed by atoms with Gasteiger partial charge in [-0.25, -0.2) is 4.98 Å². The van der Waals surface area contributed by atoms with Crippen molar-refractivity contribution in [2.75, 3.05) is 42.6 Å². The second-order valence-corrected chi connectivity index (χ2v) is 8.22. The number of ether oxygens (including phenoxy) is 1. The van der Waals surface area contributed by atoms with E-state index in [1.54, 1.807) is 0 Å². The first kappa shape index (κ1) is 19.2. The summed E-state index contributed by atoms with van der Waals surface area (Å²) >= 11 is 6.04. The van der Waals surface area contributed by atoms with Gasteiger partial charge in [-0.05, 0) is 61.7 Å². The number of pyridine rings is 1. The van der Waals surface area contributed by atoms with E-state index in [1.807, 2.05) is 41.4 Å². The number of aromatic nitrogens is 1. The largest absolute Gasteiger partial charge is 0.381 e. The average Bonchev–Trinajstić information content (AvgIpc) is 2.68. The van der Waals surface area contributed by atoms with Crippen LogP contribution in [0.4, 0.5) is 11.5 Å². The zero-order valence-electron chi connectivity index (χ0n) is 16.2. The molecule has 0 atom stereocenters. The average molecular weight is 400 g/mol. The van der Waals surface area contributed by atoms with E-state index in [9.17, 15) is 4.79 Å². The molecule has 3 heterocycles. The Bertz CT molecular complexity index is 815. The van der Waals surface area contributed by atoms with E-state index in [2.05, 4.69) is 22.9 Å². The van der Waals surface area contributed by atoms with Gasteiger partial charge in [0.05, 0.1) is 13.2 Å². The molecule has 2 aliphatic rings. The minimum atomic E-state index is 0.0396. The third-order valence-corrected chi connectivity index (χ3v) is 5.87. The highest BCUT2D eigenvalue weighted by Gasteiger charge is 2.32. The first-order valence-corrected chi connectivity index (χ1v) is 10.3. The molecule has 2 aliphatic heterocycles. The molecule has 4 rings (SSSR count). The van der Waals surface area contributed by atoms with E-state index in [0.29, 0.717) is 17.5 Å². The number of halogens is 1. The predicted octanol–water partition coefficient (Wildman–Crippen LogP) is 3.94. The van der Waals surface area contributed by atoms with Gasteiger partial charge in [-0.3, -0.25) is 4.79 Å². The Labute approximate surface area is 171 Å². The van der Waals surface area contributed by atoms with Crippen molar-refractivity contribution < 1.29 is 9.53 Å². The Morgan fingerprint density at radius 3 is 2.54 bits per heavy atom. The lowest BCUT2D eigenvalue weighted by Gasteiger charge is -2.37. The van der Waals surface area contributed by atoms with Crippen molar-refractivity contribution in [1.82, 2.24) is 4.98 Å². The molecule has 0 radical (unpaired) electrons. The van der Waals surface area contributed by atoms with Crippen LogP contribution in [0, 0.1) is 18.8 Å². The van der Waals surface area contributed by atoms with Gasteiger partial charge in [0, 0.05) is 48.4 Å². The van der Waals surface area contributed by atoms with Gasteiger partial charge in [0.1, 0.15) is 5.82 Å². The van der Waals surface area contributed by atoms with Crippen molar-refractivity contribution in [2.45, 2.75) is 19.8 Å². The van der Waals surface area contributed by atoms with E-state index >= 15 is 0 Å². The van der Waals surface area contributed by atoms with Crippen molar-refractivity contribution in [2.24, 2.45) is 11.8 Å². The summed E-state index contributed by atoms with van der Waals surface area (Å²) in [4.78, 5) is 22.1. The van der Waals surface area contributed by atoms with Crippen LogP contribution in [-0.4, -0.2) is 43.7 Å². The molecule has 6 heteroatoms. The summed E-state index contributed by atoms with van der Waals surface area (Å²) in [6.07, 6.45) is 3.55. The standard InChI is InChI=1S/C22H26ClN3O2/c1-16-6-9-24-21(12-16)25-10-7-18(8-11-25)22(27)26(13-17-14-28-15-17)20-4-2-19(23)3-5-20/h2-6,9,12,17-18H,7-8,10-11,13-15H2,1H3. The molecule has 148 valence electrons. The Hall–Kier alpha value is -2.11. The number of anilines is 2. The number of hydrogen-bond donors (Lipinski definition) is 0. The third-order valence-electron chi connectivity index (χ3n) is 5.62. The Kier molecular flexibility index (Phi) is 5.83. The molecule has 0 bridgehead atoms. The molecule has 0 spiro atoms. The monoisotopic (exact) mass is 399 g/mol. The lowest BCUT2D eigenvalue weighted by molar-refractivity contribution is -0.123. The second kappa shape index (κ2) is 8.50. The summed E-state index contributed by atoms with van der Waals surface area (Å²) < 4.78 is 5.32. The first-order chi connectivity index (χ1) is 13.6. The highest BCUT2D eigenvalue weighted by atomic mass is 35.5. The molecular formula is C22H26ClN3O2. The van der Waals surface area contributed by atoms with Crippen molar-refractivity contribution in [3.05, 3.63) is 53.2 Å². The van der Waals surface area contributed by atoms with Crippen molar-refractivity contribution in [3.63, 3.8) is 0 Å². The normalized spacial score (nSPS) is 18.0. The van der Waals surface area contributed by atoms with E-state index in [-0.39, 0.29) is 11.8 Å². The molecule has 0 unspecified atom stereocenters. The Morgan fingerprint density at radius 2 is 1.93 bits per heavy atom. The number of hydrogen-bond acceptors (Lipinski definition) is 4. The van der Waals surface area contributed by atoms with Crippen LogP contribution in [0.5, 0.6) is 0 Å². The maximum Gasteiger partial charge on any atom is 0.230 e. The summed E-state index contributed by atoms with van der Waals surface area (Å²) in [5, 5.41) is 0.682. The van der Waals surface area contributed by atoms with Crippen LogP contribution in [0.3, 0.4) is 0 Å². The molecule has 5 nitrogen and oxygen atoms in total. The van der Waals surface area contributed by atoms with Crippen LogP contribution >= 0.6 is 11.6 Å². The molecule has 1 aromatic heterocycles. The zero-order valence-corrected chi connectivity index (χ0v) is 16.9. The van der Waals surface area contributed by atoms with E-state index in [1.165, 1.54) is 5.56 Å². The van der Waals surface area contributed by atoms with Gasteiger partial charge in [-0.1, -0.05) is 11.6 Å². The molecule has 1 amide bonds. The number of carbonyl (C=O) groups is 1. The fourth-order valence-electron chi connectivity index (χ4n) is 3.86. The Morgan fingerprint density at radius 1 is 1.21 bits per heavy atom. The number of nitrogens with zero attached hydrogens (tertiary/aromatic N) is 3. The molecule has 0 N–H and O–H groups in total. The maximum absolute atomic E-state index is 13.4. The fraction of sp³-hybridized carbons (Fsp3) is 0.455. The van der Waals surface area contributed by atoms with Gasteiger partial charge >= 0.3 is 0 Å². The van der Waals surface area contributed by atoms with Gasteiger partial charge in [0.2, 0.25) is 5.91 Å². The SMILES string of the molecule is Cc1ccnc(N2CCC(C(=O)N(CC3COC3)c3ccc(Cl)cc3)CC2)c1. The van der Waals surface area contributed by atoms with Crippen LogP contribution in [0.2, 0.25) is 5.02 Å². The fourth-order valence-corrected chi connectivity index (χ4v) is 3.99. The zero-order chi connectivity index (χ0) is 19.5. The van der Waals surface area contributed by atoms with Crippen LogP contribution in [0.1, 0.15) is 18.4 Å². The van der Waals surface area contributed by atoms with E-state index < -0.39 is 0 Å². The highest BCUT2D eigenvalue weighted by molar-refractivity contribution is 6.30. The van der Waals surface area contributed by atoms with Crippen LogP contribution in [0.15, 0.2) is 42.6 Å². The lowest BCUT2D eigenvalue weighted by atomic mass is 9.94. The summed E-state index contributed by atoms with van der Waals surface area (Å²) in [5.41, 5.74) is 2.13. The van der Waals surface area contributed by atoms with Crippen LogP contribution < -0.4 is 9.80 Å². The third kappa shape index (κ3) is 4.31. The molecule has 2 fully saturated rings. The minimum Gasteiger partial charge on any atom is -0.381 e. The van der Waals surface area contributed by atoms with E-state index in [4.69, 9.17) is 16.3 Å². The molecular weight excluding hydrogens is 374 g/mol. The smallest absolute Gasteiger partial charge is 0.230 e. The topological polar surface area (TPSA) is 45.7 Å². The van der Waals surface area contributed by atoms with Gasteiger partial charge in [0.25, 0.3) is 0 Å². The molecule has 2 saturated heterocycles.